The molecule has 0 bridgehead atoms. The second-order valence-corrected chi connectivity index (χ2v) is 5.32. The first-order valence-electron chi connectivity index (χ1n) is 4.20. The molecule has 0 N–H and O–H groups in total. The molecule has 0 fully saturated rings. The fraction of sp³-hybridized carbons (Fsp3) is 0.400. The summed E-state index contributed by atoms with van der Waals surface area (Å²) in [5, 5.41) is 0. The van der Waals surface area contributed by atoms with Gasteiger partial charge < -0.3 is 4.74 Å². The van der Waals surface area contributed by atoms with E-state index in [1.165, 1.54) is 4.90 Å². The lowest BCUT2D eigenvalue weighted by atomic mass is 10.2. The van der Waals surface area contributed by atoms with Gasteiger partial charge in [0.1, 0.15) is 12.4 Å². The van der Waals surface area contributed by atoms with E-state index in [1.54, 1.807) is 11.8 Å². The van der Waals surface area contributed by atoms with Crippen molar-refractivity contribution >= 4 is 23.4 Å². The van der Waals surface area contributed by atoms with Crippen LogP contribution in [0, 0.1) is 0 Å². The molecule has 1 nitrogen and oxygen atoms in total. The lowest BCUT2D eigenvalue weighted by molar-refractivity contribution is 0.274. The first kappa shape index (κ1) is 9.22. The summed E-state index contributed by atoms with van der Waals surface area (Å²) >= 11 is 7.69. The lowest BCUT2D eigenvalue weighted by Crippen LogP contribution is -2.33. The normalized spacial score (nSPS) is 26.3. The molecule has 0 saturated heterocycles. The second kappa shape index (κ2) is 3.43. The van der Waals surface area contributed by atoms with Crippen molar-refractivity contribution in [1.82, 2.24) is 0 Å². The minimum absolute atomic E-state index is 0.0237. The Hall–Kier alpha value is -0.340. The number of thioether (sulfide) groups is 1. The third-order valence-electron chi connectivity index (χ3n) is 2.02. The average Bonchev–Trinajstić information content (AvgIpc) is 2.18. The summed E-state index contributed by atoms with van der Waals surface area (Å²) in [5.74, 6) is 1.60. The van der Waals surface area contributed by atoms with Crippen molar-refractivity contribution in [3.63, 3.8) is 0 Å². The summed E-state index contributed by atoms with van der Waals surface area (Å²) in [6, 6.07) is 8.08. The van der Waals surface area contributed by atoms with E-state index in [9.17, 15) is 0 Å². The van der Waals surface area contributed by atoms with Gasteiger partial charge >= 0.3 is 0 Å². The molecule has 1 aliphatic rings. The molecular weight excluding hydrogens is 204 g/mol. The van der Waals surface area contributed by atoms with E-state index in [-0.39, 0.29) is 4.75 Å². The van der Waals surface area contributed by atoms with Crippen molar-refractivity contribution < 1.29 is 4.74 Å². The van der Waals surface area contributed by atoms with Crippen LogP contribution in [0.4, 0.5) is 0 Å². The smallest absolute Gasteiger partial charge is 0.132 e. The Balaban J connectivity index is 2.29. The number of para-hydroxylation sites is 1. The Labute approximate surface area is 87.4 Å². The van der Waals surface area contributed by atoms with Gasteiger partial charge in [0.05, 0.1) is 9.64 Å². The van der Waals surface area contributed by atoms with E-state index in [0.29, 0.717) is 12.5 Å². The van der Waals surface area contributed by atoms with Crippen LogP contribution in [-0.2, 0) is 0 Å². The van der Waals surface area contributed by atoms with Crippen molar-refractivity contribution in [3.05, 3.63) is 24.3 Å². The maximum absolute atomic E-state index is 5.89. The predicted molar refractivity (Wildman–Crippen MR) is 56.9 cm³/mol. The molecule has 0 spiro atoms. The molecule has 70 valence electrons. The zero-order chi connectivity index (χ0) is 9.31. The van der Waals surface area contributed by atoms with E-state index >= 15 is 0 Å². The molecule has 2 rings (SSSR count). The van der Waals surface area contributed by atoms with Crippen LogP contribution in [-0.4, -0.2) is 17.2 Å². The first-order valence-corrected chi connectivity index (χ1v) is 5.55. The van der Waals surface area contributed by atoms with Crippen molar-refractivity contribution in [2.75, 3.05) is 12.5 Å². The highest BCUT2D eigenvalue weighted by Crippen LogP contribution is 2.43. The van der Waals surface area contributed by atoms with Crippen LogP contribution in [0.1, 0.15) is 6.92 Å². The minimum Gasteiger partial charge on any atom is -0.491 e. The Bertz CT molecular complexity index is 316. The number of hydrogen-bond donors (Lipinski definition) is 0. The van der Waals surface area contributed by atoms with Crippen LogP contribution in [0.25, 0.3) is 0 Å². The molecule has 1 aromatic rings. The summed E-state index contributed by atoms with van der Waals surface area (Å²) in [4.78, 5) is 1.19. The van der Waals surface area contributed by atoms with Gasteiger partial charge in [-0.3, -0.25) is 0 Å². The largest absolute Gasteiger partial charge is 0.491 e. The van der Waals surface area contributed by atoms with Crippen LogP contribution in [0.3, 0.4) is 0 Å². The van der Waals surface area contributed by atoms with Crippen LogP contribution >= 0.6 is 23.4 Å². The maximum atomic E-state index is 5.89. The average molecular weight is 215 g/mol. The molecule has 0 amide bonds. The minimum atomic E-state index is 0.0237. The summed E-state index contributed by atoms with van der Waals surface area (Å²) < 4.78 is 5.65. The Kier molecular flexibility index (Phi) is 2.43. The molecule has 0 saturated carbocycles. The highest BCUT2D eigenvalue weighted by Gasteiger charge is 2.31. The number of fused-ring (bicyclic) bond motifs is 1. The van der Waals surface area contributed by atoms with Gasteiger partial charge in [0.15, 0.2) is 0 Å². The van der Waals surface area contributed by atoms with E-state index in [0.717, 1.165) is 5.75 Å². The number of halogens is 1. The van der Waals surface area contributed by atoms with Crippen molar-refractivity contribution in [2.24, 2.45) is 0 Å². The van der Waals surface area contributed by atoms with Crippen molar-refractivity contribution in [2.45, 2.75) is 16.6 Å². The number of alkyl halides is 1. The van der Waals surface area contributed by atoms with Gasteiger partial charge in [0.25, 0.3) is 0 Å². The van der Waals surface area contributed by atoms with E-state index < -0.39 is 0 Å². The number of rotatable bonds is 1. The molecule has 1 unspecified atom stereocenters. The Morgan fingerprint density at radius 1 is 1.54 bits per heavy atom. The quantitative estimate of drug-likeness (QED) is 0.665. The van der Waals surface area contributed by atoms with Gasteiger partial charge in [0.2, 0.25) is 0 Å². The van der Waals surface area contributed by atoms with Crippen molar-refractivity contribution in [3.8, 4) is 5.75 Å². The van der Waals surface area contributed by atoms with E-state index in [1.807, 2.05) is 18.2 Å². The highest BCUT2D eigenvalue weighted by atomic mass is 35.5. The van der Waals surface area contributed by atoms with Crippen LogP contribution in [0.5, 0.6) is 5.75 Å². The highest BCUT2D eigenvalue weighted by molar-refractivity contribution is 8.01. The zero-order valence-electron chi connectivity index (χ0n) is 7.42. The SMILES string of the molecule is CC1(CCl)COc2ccccc2S1. The third-order valence-corrected chi connectivity index (χ3v) is 4.08. The van der Waals surface area contributed by atoms with Gasteiger partial charge in [0, 0.05) is 5.88 Å². The molecule has 1 heterocycles. The standard InChI is InChI=1S/C10H11ClOS/c1-10(6-11)7-12-8-4-2-3-5-9(8)13-10/h2-5H,6-7H2,1H3. The van der Waals surface area contributed by atoms with Crippen LogP contribution in [0.2, 0.25) is 0 Å². The van der Waals surface area contributed by atoms with Gasteiger partial charge in [-0.1, -0.05) is 12.1 Å². The van der Waals surface area contributed by atoms with E-state index in [2.05, 4.69) is 13.0 Å². The molecule has 0 aromatic heterocycles. The predicted octanol–water partition coefficient (Wildman–Crippen LogP) is 3.17. The number of benzene rings is 1. The lowest BCUT2D eigenvalue weighted by Gasteiger charge is -2.32. The molecule has 1 aromatic carbocycles. The second-order valence-electron chi connectivity index (χ2n) is 3.42. The van der Waals surface area contributed by atoms with Crippen molar-refractivity contribution in [1.29, 1.82) is 0 Å². The molecule has 0 aliphatic carbocycles. The molecule has 0 radical (unpaired) electrons. The van der Waals surface area contributed by atoms with Gasteiger partial charge in [-0.15, -0.1) is 23.4 Å². The monoisotopic (exact) mass is 214 g/mol. The van der Waals surface area contributed by atoms with Crippen LogP contribution < -0.4 is 4.74 Å². The molecule has 13 heavy (non-hydrogen) atoms. The third kappa shape index (κ3) is 1.79. The summed E-state index contributed by atoms with van der Waals surface area (Å²) in [6.45, 7) is 2.82. The fourth-order valence-corrected chi connectivity index (χ4v) is 2.56. The van der Waals surface area contributed by atoms with Gasteiger partial charge in [-0.25, -0.2) is 0 Å². The van der Waals surface area contributed by atoms with E-state index in [4.69, 9.17) is 16.3 Å². The summed E-state index contributed by atoms with van der Waals surface area (Å²) in [5.41, 5.74) is 0. The maximum Gasteiger partial charge on any atom is 0.132 e. The van der Waals surface area contributed by atoms with Crippen LogP contribution in [0.15, 0.2) is 29.2 Å². The summed E-state index contributed by atoms with van der Waals surface area (Å²) in [6.07, 6.45) is 0. The zero-order valence-corrected chi connectivity index (χ0v) is 8.99. The Morgan fingerprint density at radius 2 is 2.31 bits per heavy atom. The molecule has 1 aliphatic heterocycles. The number of hydrogen-bond acceptors (Lipinski definition) is 2. The van der Waals surface area contributed by atoms with Gasteiger partial charge in [-0.05, 0) is 19.1 Å². The fourth-order valence-electron chi connectivity index (χ4n) is 1.24. The number of ether oxygens (including phenoxy) is 1. The summed E-state index contributed by atoms with van der Waals surface area (Å²) in [7, 11) is 0. The molecule has 3 heteroatoms. The molecule has 1 atom stereocenters. The first-order chi connectivity index (χ1) is 6.23. The molecular formula is C10H11ClOS. The topological polar surface area (TPSA) is 9.23 Å². The Morgan fingerprint density at radius 3 is 3.08 bits per heavy atom. The van der Waals surface area contributed by atoms with Gasteiger partial charge in [-0.2, -0.15) is 0 Å².